The standard InChI is InChI=1S/C29H32F3N5O4S.ClH/c1-37(26-20-11-19(13-29(30,31)32)42-27(20)36-28(35-26)41-4)22-9-18(10-23(22)38)33-14-16-5-7-17(8-6-16)21-12-24(39-2)25(40-3)15-34-21;/h5-8,11-12,15,18,22-23,33,38H,9-10,13-14H2,1-4H3;1H/t18-,22+,23-;/m1./s1. The van der Waals surface area contributed by atoms with Crippen LogP contribution in [0.3, 0.4) is 0 Å². The maximum absolute atomic E-state index is 13.0. The molecule has 0 saturated heterocycles. The van der Waals surface area contributed by atoms with E-state index in [1.165, 1.54) is 13.2 Å². The average Bonchev–Trinajstić information content (AvgIpc) is 3.55. The summed E-state index contributed by atoms with van der Waals surface area (Å²) in [5.41, 5.74) is 2.78. The fraction of sp³-hybridized carbons (Fsp3) is 0.414. The highest BCUT2D eigenvalue weighted by Crippen LogP contribution is 2.37. The van der Waals surface area contributed by atoms with E-state index in [9.17, 15) is 18.3 Å². The van der Waals surface area contributed by atoms with Gasteiger partial charge in [0.1, 0.15) is 10.6 Å². The lowest BCUT2D eigenvalue weighted by Crippen LogP contribution is -2.38. The van der Waals surface area contributed by atoms with Crippen LogP contribution in [0.1, 0.15) is 23.3 Å². The maximum Gasteiger partial charge on any atom is 0.393 e. The van der Waals surface area contributed by atoms with Gasteiger partial charge in [0.25, 0.3) is 0 Å². The second kappa shape index (κ2) is 13.5. The molecule has 1 saturated carbocycles. The molecule has 14 heteroatoms. The minimum atomic E-state index is -4.33. The predicted molar refractivity (Wildman–Crippen MR) is 162 cm³/mol. The number of nitrogens with zero attached hydrogens (tertiary/aromatic N) is 4. The summed E-state index contributed by atoms with van der Waals surface area (Å²) >= 11 is 0.969. The molecule has 0 spiro atoms. The van der Waals surface area contributed by atoms with E-state index in [1.807, 2.05) is 35.2 Å². The van der Waals surface area contributed by atoms with Crippen LogP contribution in [0.25, 0.3) is 21.5 Å². The van der Waals surface area contributed by atoms with Gasteiger partial charge in [-0.2, -0.15) is 23.1 Å². The van der Waals surface area contributed by atoms with Crippen molar-refractivity contribution in [1.29, 1.82) is 0 Å². The summed E-state index contributed by atoms with van der Waals surface area (Å²) in [5.74, 6) is 1.61. The van der Waals surface area contributed by atoms with Crippen LogP contribution in [-0.4, -0.2) is 72.8 Å². The van der Waals surface area contributed by atoms with Crippen LogP contribution in [0.5, 0.6) is 17.5 Å². The van der Waals surface area contributed by atoms with E-state index >= 15 is 0 Å². The molecule has 1 aliphatic rings. The molecule has 43 heavy (non-hydrogen) atoms. The number of benzene rings is 1. The highest BCUT2D eigenvalue weighted by atomic mass is 35.5. The van der Waals surface area contributed by atoms with Gasteiger partial charge < -0.3 is 29.5 Å². The molecule has 0 unspecified atom stereocenters. The molecule has 3 aromatic heterocycles. The summed E-state index contributed by atoms with van der Waals surface area (Å²) in [6.45, 7) is 0.602. The van der Waals surface area contributed by atoms with Crippen molar-refractivity contribution >= 4 is 39.8 Å². The van der Waals surface area contributed by atoms with Crippen molar-refractivity contribution in [2.24, 2.45) is 0 Å². The Morgan fingerprint density at radius 2 is 1.74 bits per heavy atom. The molecule has 0 bridgehead atoms. The van der Waals surface area contributed by atoms with E-state index in [0.717, 1.165) is 28.2 Å². The van der Waals surface area contributed by atoms with E-state index in [4.69, 9.17) is 14.2 Å². The lowest BCUT2D eigenvalue weighted by molar-refractivity contribution is -0.126. The Balaban J connectivity index is 0.00000423. The molecular formula is C29H33ClF3N5O4S. The SMILES string of the molecule is COc1nc(N(C)[C@H]2C[C@@H](NCc3ccc(-c4cc(OC)c(OC)cn4)cc3)C[C@H]2O)c2cc(CC(F)(F)F)sc2n1.Cl. The molecule has 232 valence electrons. The van der Waals surface area contributed by atoms with Crippen LogP contribution < -0.4 is 24.4 Å². The van der Waals surface area contributed by atoms with Crippen LogP contribution in [0, 0.1) is 0 Å². The van der Waals surface area contributed by atoms with Gasteiger partial charge in [-0.25, -0.2) is 0 Å². The zero-order chi connectivity index (χ0) is 30.0. The van der Waals surface area contributed by atoms with Crippen LogP contribution in [0.4, 0.5) is 19.0 Å². The molecule has 3 atom stereocenters. The van der Waals surface area contributed by atoms with Gasteiger partial charge in [0.05, 0.1) is 57.2 Å². The van der Waals surface area contributed by atoms with Crippen molar-refractivity contribution in [2.75, 3.05) is 33.3 Å². The van der Waals surface area contributed by atoms with Crippen molar-refractivity contribution in [3.8, 4) is 28.8 Å². The van der Waals surface area contributed by atoms with Crippen molar-refractivity contribution in [3.63, 3.8) is 0 Å². The molecule has 1 aromatic carbocycles. The number of halogens is 4. The van der Waals surface area contributed by atoms with Gasteiger partial charge >= 0.3 is 12.2 Å². The Morgan fingerprint density at radius 1 is 1.02 bits per heavy atom. The lowest BCUT2D eigenvalue weighted by Gasteiger charge is -2.28. The first-order valence-electron chi connectivity index (χ1n) is 13.3. The first kappa shape index (κ1) is 32.5. The number of aliphatic hydroxyl groups is 1. The number of aliphatic hydroxyl groups excluding tert-OH is 1. The molecule has 9 nitrogen and oxygen atoms in total. The van der Waals surface area contributed by atoms with Crippen LogP contribution in [0.15, 0.2) is 42.6 Å². The number of thiophene rings is 1. The molecule has 0 aliphatic heterocycles. The maximum atomic E-state index is 13.0. The van der Waals surface area contributed by atoms with Crippen molar-refractivity contribution in [3.05, 3.63) is 53.0 Å². The summed E-state index contributed by atoms with van der Waals surface area (Å²) < 4.78 is 55.0. The van der Waals surface area contributed by atoms with E-state index in [1.54, 1.807) is 27.5 Å². The topological polar surface area (TPSA) is 102 Å². The molecule has 3 heterocycles. The number of rotatable bonds is 10. The molecule has 5 rings (SSSR count). The summed E-state index contributed by atoms with van der Waals surface area (Å²) in [7, 11) is 6.35. The minimum Gasteiger partial charge on any atom is -0.493 e. The number of likely N-dealkylation sites (N-methyl/N-ethyl adjacent to an activating group) is 1. The van der Waals surface area contributed by atoms with Gasteiger partial charge in [-0.15, -0.1) is 23.7 Å². The number of hydrogen-bond acceptors (Lipinski definition) is 10. The summed E-state index contributed by atoms with van der Waals surface area (Å²) in [4.78, 5) is 15.5. The number of nitrogens with one attached hydrogen (secondary N) is 1. The monoisotopic (exact) mass is 639 g/mol. The minimum absolute atomic E-state index is 0. The highest BCUT2D eigenvalue weighted by molar-refractivity contribution is 7.18. The Hall–Kier alpha value is -3.39. The molecule has 2 N–H and O–H groups in total. The summed E-state index contributed by atoms with van der Waals surface area (Å²) in [6.07, 6.45) is -3.25. The predicted octanol–water partition coefficient (Wildman–Crippen LogP) is 5.42. The lowest BCUT2D eigenvalue weighted by atomic mass is 10.1. The number of pyridine rings is 1. The van der Waals surface area contributed by atoms with E-state index in [-0.39, 0.29) is 35.4 Å². The second-order valence-corrected chi connectivity index (χ2v) is 11.3. The van der Waals surface area contributed by atoms with Gasteiger partial charge in [0, 0.05) is 36.1 Å². The largest absolute Gasteiger partial charge is 0.493 e. The Kier molecular flexibility index (Phi) is 10.2. The quantitative estimate of drug-likeness (QED) is 0.235. The smallest absolute Gasteiger partial charge is 0.393 e. The first-order chi connectivity index (χ1) is 20.1. The number of ether oxygens (including phenoxy) is 3. The van der Waals surface area contributed by atoms with Crippen molar-refractivity contribution in [2.45, 2.75) is 50.2 Å². The summed E-state index contributed by atoms with van der Waals surface area (Å²) in [6, 6.07) is 11.1. The Bertz CT molecular complexity index is 1540. The molecule has 1 aliphatic carbocycles. The van der Waals surface area contributed by atoms with Gasteiger partial charge in [0.2, 0.25) is 0 Å². The third-order valence-electron chi connectivity index (χ3n) is 7.40. The number of anilines is 1. The first-order valence-corrected chi connectivity index (χ1v) is 14.1. The number of alkyl halides is 3. The van der Waals surface area contributed by atoms with Crippen LogP contribution in [-0.2, 0) is 13.0 Å². The number of aromatic nitrogens is 3. The zero-order valence-corrected chi connectivity index (χ0v) is 25.6. The fourth-order valence-corrected chi connectivity index (χ4v) is 6.31. The Morgan fingerprint density at radius 3 is 2.40 bits per heavy atom. The third-order valence-corrected chi connectivity index (χ3v) is 8.43. The molecule has 1 fully saturated rings. The third kappa shape index (κ3) is 7.40. The van der Waals surface area contributed by atoms with Gasteiger partial charge in [-0.1, -0.05) is 24.3 Å². The van der Waals surface area contributed by atoms with Crippen LogP contribution >= 0.6 is 23.7 Å². The zero-order valence-electron chi connectivity index (χ0n) is 24.0. The van der Waals surface area contributed by atoms with E-state index < -0.39 is 18.7 Å². The van der Waals surface area contributed by atoms with Crippen molar-refractivity contribution in [1.82, 2.24) is 20.3 Å². The summed E-state index contributed by atoms with van der Waals surface area (Å²) in [5, 5.41) is 15.0. The Labute approximate surface area is 257 Å². The number of methoxy groups -OCH3 is 3. The normalized spacial score (nSPS) is 18.4. The molecule has 0 amide bonds. The number of fused-ring (bicyclic) bond motifs is 1. The van der Waals surface area contributed by atoms with Crippen molar-refractivity contribution < 1.29 is 32.5 Å². The van der Waals surface area contributed by atoms with E-state index in [0.29, 0.717) is 46.9 Å². The van der Waals surface area contributed by atoms with Crippen LogP contribution in [0.2, 0.25) is 0 Å². The highest BCUT2D eigenvalue weighted by Gasteiger charge is 2.37. The molecular weight excluding hydrogens is 607 g/mol. The molecule has 4 aromatic rings. The number of hydrogen-bond donors (Lipinski definition) is 2. The molecule has 0 radical (unpaired) electrons. The fourth-order valence-electron chi connectivity index (χ4n) is 5.27. The van der Waals surface area contributed by atoms with Gasteiger partial charge in [-0.05, 0) is 24.5 Å². The second-order valence-electron chi connectivity index (χ2n) is 10.2. The van der Waals surface area contributed by atoms with Gasteiger partial charge in [0.15, 0.2) is 11.5 Å². The van der Waals surface area contributed by atoms with E-state index in [2.05, 4.69) is 20.3 Å². The average molecular weight is 640 g/mol. The van der Waals surface area contributed by atoms with Gasteiger partial charge in [-0.3, -0.25) is 4.98 Å².